The summed E-state index contributed by atoms with van der Waals surface area (Å²) in [5.74, 6) is 0.429. The van der Waals surface area contributed by atoms with Crippen LogP contribution in [-0.2, 0) is 22.2 Å². The van der Waals surface area contributed by atoms with Gasteiger partial charge in [0.15, 0.2) is 0 Å². The van der Waals surface area contributed by atoms with Gasteiger partial charge in [-0.2, -0.15) is 0 Å². The van der Waals surface area contributed by atoms with Crippen LogP contribution in [-0.4, -0.2) is 37.8 Å². The van der Waals surface area contributed by atoms with Crippen molar-refractivity contribution < 1.29 is 19.1 Å². The summed E-state index contributed by atoms with van der Waals surface area (Å²) in [6.45, 7) is 15.6. The van der Waals surface area contributed by atoms with Crippen molar-refractivity contribution in [3.05, 3.63) is 47.0 Å². The normalized spacial score (nSPS) is 19.9. The number of carbonyl (C=O) groups excluding carboxylic acids is 1. The molecule has 1 aromatic carbocycles. The molecule has 2 fully saturated rings. The molecule has 2 saturated carbocycles. The standard InChI is InChI=1S/C34H46N4O4/c1-20-26(29(39)35-24-15-23(16-24)31(40)41)18-28(38(20)19-21-11-9-8-10-12-21)22-13-14-25(27(17-22)33(2,3)4)30-36-37-32(42-30)34(5,6)7/h13-14,17-18,21,23-24H,8-12,15-16,19H2,1-7H3,(H,35,39)(H,40,41). The monoisotopic (exact) mass is 574 g/mol. The highest BCUT2D eigenvalue weighted by atomic mass is 16.4. The fraction of sp³-hybridized carbons (Fsp3) is 0.588. The molecule has 0 radical (unpaired) electrons. The molecule has 0 atom stereocenters. The first-order valence-electron chi connectivity index (χ1n) is 15.5. The number of carbonyl (C=O) groups is 2. The quantitative estimate of drug-likeness (QED) is 0.307. The molecule has 2 heterocycles. The van der Waals surface area contributed by atoms with Crippen molar-refractivity contribution >= 4 is 11.9 Å². The summed E-state index contributed by atoms with van der Waals surface area (Å²) in [5, 5.41) is 21.1. The third-order valence-electron chi connectivity index (χ3n) is 9.02. The third-order valence-corrected chi connectivity index (χ3v) is 9.02. The molecule has 2 N–H and O–H groups in total. The maximum atomic E-state index is 13.5. The predicted octanol–water partition coefficient (Wildman–Crippen LogP) is 7.28. The predicted molar refractivity (Wildman–Crippen MR) is 163 cm³/mol. The maximum Gasteiger partial charge on any atom is 0.306 e. The zero-order valence-corrected chi connectivity index (χ0v) is 26.2. The van der Waals surface area contributed by atoms with Crippen LogP contribution in [0.2, 0.25) is 0 Å². The summed E-state index contributed by atoms with van der Waals surface area (Å²) < 4.78 is 8.48. The Kier molecular flexibility index (Phi) is 8.12. The van der Waals surface area contributed by atoms with E-state index < -0.39 is 5.97 Å². The van der Waals surface area contributed by atoms with Crippen LogP contribution in [0.1, 0.15) is 114 Å². The Morgan fingerprint density at radius 3 is 2.29 bits per heavy atom. The zero-order chi connectivity index (χ0) is 30.4. The molecule has 2 aromatic heterocycles. The van der Waals surface area contributed by atoms with Gasteiger partial charge >= 0.3 is 5.97 Å². The first-order chi connectivity index (χ1) is 19.7. The number of carboxylic acids is 1. The first-order valence-corrected chi connectivity index (χ1v) is 15.5. The van der Waals surface area contributed by atoms with E-state index in [0.29, 0.717) is 36.1 Å². The Morgan fingerprint density at radius 1 is 1.00 bits per heavy atom. The topological polar surface area (TPSA) is 110 Å². The van der Waals surface area contributed by atoms with Crippen LogP contribution in [0.4, 0.5) is 0 Å². The van der Waals surface area contributed by atoms with E-state index in [-0.39, 0.29) is 28.7 Å². The van der Waals surface area contributed by atoms with E-state index >= 15 is 0 Å². The molecule has 8 nitrogen and oxygen atoms in total. The molecule has 1 amide bonds. The molecular weight excluding hydrogens is 528 g/mol. The van der Waals surface area contributed by atoms with Gasteiger partial charge in [0, 0.05) is 35.0 Å². The van der Waals surface area contributed by atoms with E-state index in [1.165, 1.54) is 32.1 Å². The molecule has 0 aliphatic heterocycles. The molecule has 0 unspecified atom stereocenters. The van der Waals surface area contributed by atoms with Gasteiger partial charge in [-0.05, 0) is 73.3 Å². The second-order valence-corrected chi connectivity index (χ2v) is 14.5. The lowest BCUT2D eigenvalue weighted by Gasteiger charge is -2.32. The van der Waals surface area contributed by atoms with Gasteiger partial charge in [-0.15, -0.1) is 10.2 Å². The highest BCUT2D eigenvalue weighted by Crippen LogP contribution is 2.39. The van der Waals surface area contributed by atoms with E-state index in [4.69, 9.17) is 4.42 Å². The van der Waals surface area contributed by atoms with Crippen molar-refractivity contribution in [2.45, 2.75) is 117 Å². The average Bonchev–Trinajstić information content (AvgIpc) is 3.51. The van der Waals surface area contributed by atoms with Gasteiger partial charge in [0.2, 0.25) is 11.8 Å². The number of amides is 1. The van der Waals surface area contributed by atoms with Gasteiger partial charge in [-0.1, -0.05) is 66.9 Å². The first kappa shape index (κ1) is 30.1. The Morgan fingerprint density at radius 2 is 1.69 bits per heavy atom. The largest absolute Gasteiger partial charge is 0.481 e. The summed E-state index contributed by atoms with van der Waals surface area (Å²) in [7, 11) is 0. The number of nitrogens with one attached hydrogen (secondary N) is 1. The van der Waals surface area contributed by atoms with Gasteiger partial charge in [-0.25, -0.2) is 0 Å². The van der Waals surface area contributed by atoms with Crippen molar-refractivity contribution in [3.63, 3.8) is 0 Å². The van der Waals surface area contributed by atoms with Crippen molar-refractivity contribution in [1.82, 2.24) is 20.1 Å². The lowest BCUT2D eigenvalue weighted by Crippen LogP contribution is -2.46. The minimum Gasteiger partial charge on any atom is -0.481 e. The Labute approximate surface area is 249 Å². The van der Waals surface area contributed by atoms with Crippen molar-refractivity contribution in [2.24, 2.45) is 11.8 Å². The fourth-order valence-electron chi connectivity index (χ4n) is 6.32. The van der Waals surface area contributed by atoms with Crippen LogP contribution < -0.4 is 5.32 Å². The van der Waals surface area contributed by atoms with Crippen LogP contribution in [0.3, 0.4) is 0 Å². The maximum absolute atomic E-state index is 13.5. The summed E-state index contributed by atoms with van der Waals surface area (Å²) in [6, 6.07) is 8.31. The number of hydrogen-bond acceptors (Lipinski definition) is 5. The summed E-state index contributed by atoms with van der Waals surface area (Å²) in [4.78, 5) is 24.7. The van der Waals surface area contributed by atoms with Crippen molar-refractivity contribution in [3.8, 4) is 22.7 Å². The van der Waals surface area contributed by atoms with E-state index in [1.54, 1.807) is 0 Å². The van der Waals surface area contributed by atoms with Gasteiger partial charge in [0.25, 0.3) is 5.91 Å². The molecule has 0 spiro atoms. The van der Waals surface area contributed by atoms with Crippen LogP contribution in [0, 0.1) is 18.8 Å². The van der Waals surface area contributed by atoms with Crippen molar-refractivity contribution in [1.29, 1.82) is 0 Å². The van der Waals surface area contributed by atoms with Crippen molar-refractivity contribution in [2.75, 3.05) is 0 Å². The van der Waals surface area contributed by atoms with Gasteiger partial charge in [-0.3, -0.25) is 9.59 Å². The number of aliphatic carboxylic acids is 1. The molecule has 3 aromatic rings. The number of hydrogen-bond donors (Lipinski definition) is 2. The third kappa shape index (κ3) is 6.18. The Bertz CT molecular complexity index is 1460. The number of rotatable bonds is 7. The summed E-state index contributed by atoms with van der Waals surface area (Å²) in [5.41, 5.74) is 5.28. The second kappa shape index (κ2) is 11.3. The van der Waals surface area contributed by atoms with Crippen LogP contribution in [0.15, 0.2) is 28.7 Å². The highest BCUT2D eigenvalue weighted by molar-refractivity contribution is 5.97. The molecule has 0 saturated heterocycles. The molecule has 8 heteroatoms. The van der Waals surface area contributed by atoms with E-state index in [1.807, 2.05) is 13.0 Å². The zero-order valence-electron chi connectivity index (χ0n) is 26.2. The minimum atomic E-state index is -0.786. The molecule has 5 rings (SSSR count). The lowest BCUT2D eigenvalue weighted by atomic mass is 9.80. The lowest BCUT2D eigenvalue weighted by molar-refractivity contribution is -0.145. The molecule has 42 heavy (non-hydrogen) atoms. The minimum absolute atomic E-state index is 0.0951. The smallest absolute Gasteiger partial charge is 0.306 e. The van der Waals surface area contributed by atoms with E-state index in [9.17, 15) is 14.7 Å². The second-order valence-electron chi connectivity index (χ2n) is 14.5. The average molecular weight is 575 g/mol. The molecule has 0 bridgehead atoms. The summed E-state index contributed by atoms with van der Waals surface area (Å²) >= 11 is 0. The molecule has 2 aliphatic carbocycles. The highest BCUT2D eigenvalue weighted by Gasteiger charge is 2.36. The number of nitrogens with zero attached hydrogens (tertiary/aromatic N) is 3. The fourth-order valence-corrected chi connectivity index (χ4v) is 6.32. The van der Waals surface area contributed by atoms with Crippen LogP contribution in [0.5, 0.6) is 0 Å². The summed E-state index contributed by atoms with van der Waals surface area (Å²) in [6.07, 6.45) is 7.18. The van der Waals surface area contributed by atoms with Gasteiger partial charge in [0.05, 0.1) is 11.5 Å². The van der Waals surface area contributed by atoms with E-state index in [0.717, 1.165) is 34.6 Å². The Balaban J connectivity index is 1.53. The van der Waals surface area contributed by atoms with Crippen LogP contribution in [0.25, 0.3) is 22.7 Å². The number of carboxylic acid groups (broad SMARTS) is 1. The Hall–Kier alpha value is -3.42. The molecule has 226 valence electrons. The number of benzene rings is 1. The molecular formula is C34H46N4O4. The molecule has 2 aliphatic rings. The van der Waals surface area contributed by atoms with Crippen LogP contribution >= 0.6 is 0 Å². The van der Waals surface area contributed by atoms with Gasteiger partial charge in [0.1, 0.15) is 0 Å². The number of aromatic nitrogens is 3. The van der Waals surface area contributed by atoms with E-state index in [2.05, 4.69) is 79.8 Å². The SMILES string of the molecule is Cc1c(C(=O)NC2CC(C(=O)O)C2)cc(-c2ccc(-c3nnc(C(C)(C)C)o3)c(C(C)(C)C)c2)n1CC1CCCCC1. The van der Waals surface area contributed by atoms with Gasteiger partial charge < -0.3 is 19.4 Å².